The van der Waals surface area contributed by atoms with Gasteiger partial charge in [-0.05, 0) is 0 Å². The molecule has 62 valence electrons. The first-order valence-electron chi connectivity index (χ1n) is 3.35. The predicted molar refractivity (Wildman–Crippen MR) is 36.8 cm³/mol. The van der Waals surface area contributed by atoms with E-state index in [9.17, 15) is 4.79 Å². The molecule has 1 rings (SSSR count). The second-order valence-corrected chi connectivity index (χ2v) is 2.02. The minimum atomic E-state index is -0.561. The first kappa shape index (κ1) is 8.23. The molecule has 1 saturated heterocycles. The standard InChI is InChI=1S/C7H10O4/c1-2-6(8)11-7-5-9-3-4-10-7/h2,7H,1,3-5H2. The number of hydrogen-bond acceptors (Lipinski definition) is 4. The van der Waals surface area contributed by atoms with E-state index in [0.29, 0.717) is 19.8 Å². The zero-order valence-electron chi connectivity index (χ0n) is 6.12. The van der Waals surface area contributed by atoms with Gasteiger partial charge in [-0.3, -0.25) is 0 Å². The van der Waals surface area contributed by atoms with Crippen molar-refractivity contribution in [1.82, 2.24) is 0 Å². The number of carbonyl (C=O) groups excluding carboxylic acids is 1. The maximum absolute atomic E-state index is 10.6. The molecule has 11 heavy (non-hydrogen) atoms. The van der Waals surface area contributed by atoms with Gasteiger partial charge in [0.1, 0.15) is 6.61 Å². The molecule has 1 aliphatic heterocycles. The summed E-state index contributed by atoms with van der Waals surface area (Å²) in [6.07, 6.45) is 0.534. The SMILES string of the molecule is C=CC(=O)OC1COCCO1. The van der Waals surface area contributed by atoms with Gasteiger partial charge in [0, 0.05) is 6.08 Å². The van der Waals surface area contributed by atoms with E-state index in [2.05, 4.69) is 6.58 Å². The summed E-state index contributed by atoms with van der Waals surface area (Å²) in [4.78, 5) is 10.6. The summed E-state index contributed by atoms with van der Waals surface area (Å²) in [5.74, 6) is -0.486. The lowest BCUT2D eigenvalue weighted by Gasteiger charge is -2.21. The van der Waals surface area contributed by atoms with Crippen LogP contribution in [0.4, 0.5) is 0 Å². The molecule has 0 amide bonds. The molecule has 4 nitrogen and oxygen atoms in total. The van der Waals surface area contributed by atoms with Crippen molar-refractivity contribution in [1.29, 1.82) is 0 Å². The van der Waals surface area contributed by atoms with Gasteiger partial charge in [0.15, 0.2) is 0 Å². The lowest BCUT2D eigenvalue weighted by Crippen LogP contribution is -2.32. The third kappa shape index (κ3) is 2.69. The van der Waals surface area contributed by atoms with Gasteiger partial charge >= 0.3 is 5.97 Å². The van der Waals surface area contributed by atoms with E-state index < -0.39 is 12.3 Å². The fourth-order valence-corrected chi connectivity index (χ4v) is 0.712. The van der Waals surface area contributed by atoms with E-state index in [1.54, 1.807) is 0 Å². The number of esters is 1. The van der Waals surface area contributed by atoms with Crippen molar-refractivity contribution < 1.29 is 19.0 Å². The molecule has 1 atom stereocenters. The largest absolute Gasteiger partial charge is 0.430 e. The van der Waals surface area contributed by atoms with Gasteiger partial charge in [0.05, 0.1) is 13.2 Å². The van der Waals surface area contributed by atoms with E-state index >= 15 is 0 Å². The molecule has 0 saturated carbocycles. The minimum absolute atomic E-state index is 0.305. The maximum Gasteiger partial charge on any atom is 0.332 e. The molecule has 0 aliphatic carbocycles. The van der Waals surface area contributed by atoms with E-state index in [1.807, 2.05) is 0 Å². The monoisotopic (exact) mass is 158 g/mol. The molecule has 0 spiro atoms. The lowest BCUT2D eigenvalue weighted by atomic mass is 10.5. The molecule has 1 heterocycles. The summed E-state index contributed by atoms with van der Waals surface area (Å²) < 4.78 is 14.8. The van der Waals surface area contributed by atoms with Crippen molar-refractivity contribution in [3.63, 3.8) is 0 Å². The van der Waals surface area contributed by atoms with Crippen LogP contribution in [0.2, 0.25) is 0 Å². The van der Waals surface area contributed by atoms with Gasteiger partial charge in [0.25, 0.3) is 0 Å². The Bertz CT molecular complexity index is 149. The molecule has 0 aromatic heterocycles. The lowest BCUT2D eigenvalue weighted by molar-refractivity contribution is -0.210. The quantitative estimate of drug-likeness (QED) is 0.422. The molecule has 0 aromatic carbocycles. The van der Waals surface area contributed by atoms with Gasteiger partial charge in [-0.2, -0.15) is 0 Å². The second kappa shape index (κ2) is 4.10. The van der Waals surface area contributed by atoms with Gasteiger partial charge in [-0.25, -0.2) is 4.79 Å². The summed E-state index contributed by atoms with van der Waals surface area (Å²) in [6, 6.07) is 0. The van der Waals surface area contributed by atoms with E-state index in [4.69, 9.17) is 14.2 Å². The Morgan fingerprint density at radius 1 is 1.64 bits per heavy atom. The van der Waals surface area contributed by atoms with Gasteiger partial charge in [0.2, 0.25) is 6.29 Å². The van der Waals surface area contributed by atoms with Crippen LogP contribution in [-0.4, -0.2) is 32.1 Å². The zero-order chi connectivity index (χ0) is 8.10. The number of hydrogen-bond donors (Lipinski definition) is 0. The maximum atomic E-state index is 10.6. The Kier molecular flexibility index (Phi) is 3.07. The first-order valence-corrected chi connectivity index (χ1v) is 3.35. The van der Waals surface area contributed by atoms with Crippen molar-refractivity contribution in [2.24, 2.45) is 0 Å². The van der Waals surface area contributed by atoms with Crippen molar-refractivity contribution in [3.8, 4) is 0 Å². The highest BCUT2D eigenvalue weighted by Gasteiger charge is 2.16. The van der Waals surface area contributed by atoms with Crippen LogP contribution in [-0.2, 0) is 19.0 Å². The van der Waals surface area contributed by atoms with Crippen LogP contribution in [0.3, 0.4) is 0 Å². The third-order valence-corrected chi connectivity index (χ3v) is 1.20. The molecule has 0 radical (unpaired) electrons. The van der Waals surface area contributed by atoms with E-state index in [1.165, 1.54) is 0 Å². The summed E-state index contributed by atoms with van der Waals surface area (Å²) >= 11 is 0. The van der Waals surface area contributed by atoms with Gasteiger partial charge < -0.3 is 14.2 Å². The minimum Gasteiger partial charge on any atom is -0.430 e. The Morgan fingerprint density at radius 3 is 3.00 bits per heavy atom. The predicted octanol–water partition coefficient (Wildman–Crippen LogP) is 0.0885. The fourth-order valence-electron chi connectivity index (χ4n) is 0.712. The molecule has 1 fully saturated rings. The van der Waals surface area contributed by atoms with Crippen LogP contribution in [0.25, 0.3) is 0 Å². The average Bonchev–Trinajstić information content (AvgIpc) is 2.06. The van der Waals surface area contributed by atoms with Crippen molar-refractivity contribution in [3.05, 3.63) is 12.7 Å². The Labute approximate surface area is 64.7 Å². The topological polar surface area (TPSA) is 44.8 Å². The second-order valence-electron chi connectivity index (χ2n) is 2.02. The summed E-state index contributed by atoms with van der Waals surface area (Å²) in [7, 11) is 0. The molecule has 0 N–H and O–H groups in total. The highest BCUT2D eigenvalue weighted by Crippen LogP contribution is 2.02. The summed E-state index contributed by atoms with van der Waals surface area (Å²) in [5.41, 5.74) is 0. The van der Waals surface area contributed by atoms with Crippen LogP contribution in [0.1, 0.15) is 0 Å². The smallest absolute Gasteiger partial charge is 0.332 e. The third-order valence-electron chi connectivity index (χ3n) is 1.20. The van der Waals surface area contributed by atoms with Gasteiger partial charge in [-0.15, -0.1) is 0 Å². The summed E-state index contributed by atoms with van der Waals surface area (Å²) in [6.45, 7) is 4.59. The Hall–Kier alpha value is -0.870. The zero-order valence-corrected chi connectivity index (χ0v) is 6.12. The molecule has 1 unspecified atom stereocenters. The van der Waals surface area contributed by atoms with E-state index in [-0.39, 0.29) is 0 Å². The van der Waals surface area contributed by atoms with Crippen molar-refractivity contribution in [2.45, 2.75) is 6.29 Å². The van der Waals surface area contributed by atoms with Gasteiger partial charge in [-0.1, -0.05) is 6.58 Å². The average molecular weight is 158 g/mol. The highest BCUT2D eigenvalue weighted by molar-refractivity contribution is 5.81. The molecule has 0 aromatic rings. The van der Waals surface area contributed by atoms with Crippen molar-refractivity contribution >= 4 is 5.97 Å². The van der Waals surface area contributed by atoms with Crippen LogP contribution in [0.15, 0.2) is 12.7 Å². The summed E-state index contributed by atoms with van der Waals surface area (Å²) in [5, 5.41) is 0. The molecule has 1 aliphatic rings. The van der Waals surface area contributed by atoms with Crippen molar-refractivity contribution in [2.75, 3.05) is 19.8 Å². The number of ether oxygens (including phenoxy) is 3. The molecular weight excluding hydrogens is 148 g/mol. The van der Waals surface area contributed by atoms with Crippen LogP contribution < -0.4 is 0 Å². The molecular formula is C7H10O4. The van der Waals surface area contributed by atoms with Crippen LogP contribution in [0.5, 0.6) is 0 Å². The Balaban J connectivity index is 2.24. The normalized spacial score (nSPS) is 24.2. The Morgan fingerprint density at radius 2 is 2.45 bits per heavy atom. The van der Waals surface area contributed by atoms with Crippen LogP contribution in [0, 0.1) is 0 Å². The van der Waals surface area contributed by atoms with E-state index in [0.717, 1.165) is 6.08 Å². The first-order chi connectivity index (χ1) is 5.33. The number of carbonyl (C=O) groups is 1. The van der Waals surface area contributed by atoms with Crippen LogP contribution >= 0.6 is 0 Å². The molecule has 4 heteroatoms. The fraction of sp³-hybridized carbons (Fsp3) is 0.571. The molecule has 0 bridgehead atoms. The number of rotatable bonds is 2. The highest BCUT2D eigenvalue weighted by atomic mass is 16.7.